The van der Waals surface area contributed by atoms with Crippen molar-refractivity contribution in [3.8, 4) is 11.4 Å². The first kappa shape index (κ1) is 14.1. The number of benzene rings is 1. The van der Waals surface area contributed by atoms with E-state index in [1.54, 1.807) is 31.2 Å². The van der Waals surface area contributed by atoms with Crippen LogP contribution in [0.2, 0.25) is 0 Å². The fourth-order valence-corrected chi connectivity index (χ4v) is 2.04. The first-order chi connectivity index (χ1) is 10.6. The molecule has 6 heteroatoms. The standard InChI is InChI=1S/C16H15N3O3/c1-10-3-8-14(21-10)9-17-16(20)13-6-4-12(5-7-13)15-18-11(2)22-19-15/h3-8H,9H2,1-2H3,(H,17,20). The maximum Gasteiger partial charge on any atom is 0.251 e. The summed E-state index contributed by atoms with van der Waals surface area (Å²) in [6, 6.07) is 10.7. The van der Waals surface area contributed by atoms with Crippen LogP contribution in [0, 0.1) is 13.8 Å². The third-order valence-electron chi connectivity index (χ3n) is 3.15. The third kappa shape index (κ3) is 3.06. The minimum atomic E-state index is -0.162. The van der Waals surface area contributed by atoms with Crippen LogP contribution in [-0.4, -0.2) is 16.0 Å². The molecule has 0 radical (unpaired) electrons. The highest BCUT2D eigenvalue weighted by Crippen LogP contribution is 2.16. The molecule has 1 N–H and O–H groups in total. The Morgan fingerprint density at radius 3 is 2.50 bits per heavy atom. The van der Waals surface area contributed by atoms with E-state index in [0.29, 0.717) is 23.8 Å². The van der Waals surface area contributed by atoms with E-state index in [-0.39, 0.29) is 5.91 Å². The Morgan fingerprint density at radius 1 is 1.14 bits per heavy atom. The SMILES string of the molecule is Cc1ccc(CNC(=O)c2ccc(-c3noc(C)n3)cc2)o1. The molecule has 1 aromatic carbocycles. The average molecular weight is 297 g/mol. The highest BCUT2D eigenvalue weighted by atomic mass is 16.5. The van der Waals surface area contributed by atoms with Crippen LogP contribution < -0.4 is 5.32 Å². The molecule has 0 atom stereocenters. The summed E-state index contributed by atoms with van der Waals surface area (Å²) in [6.07, 6.45) is 0. The van der Waals surface area contributed by atoms with Crippen molar-refractivity contribution >= 4 is 5.91 Å². The highest BCUT2D eigenvalue weighted by molar-refractivity contribution is 5.94. The van der Waals surface area contributed by atoms with Gasteiger partial charge in [-0.2, -0.15) is 4.98 Å². The lowest BCUT2D eigenvalue weighted by molar-refractivity contribution is 0.0948. The van der Waals surface area contributed by atoms with Gasteiger partial charge in [-0.3, -0.25) is 4.79 Å². The summed E-state index contributed by atoms with van der Waals surface area (Å²) in [5, 5.41) is 6.65. The van der Waals surface area contributed by atoms with Gasteiger partial charge >= 0.3 is 0 Å². The van der Waals surface area contributed by atoms with E-state index in [0.717, 1.165) is 17.1 Å². The van der Waals surface area contributed by atoms with Gasteiger partial charge in [0.05, 0.1) is 6.54 Å². The number of hydrogen-bond donors (Lipinski definition) is 1. The number of nitrogens with one attached hydrogen (secondary N) is 1. The summed E-state index contributed by atoms with van der Waals surface area (Å²) in [7, 11) is 0. The van der Waals surface area contributed by atoms with E-state index in [2.05, 4.69) is 15.5 Å². The van der Waals surface area contributed by atoms with Gasteiger partial charge in [-0.15, -0.1) is 0 Å². The molecule has 2 heterocycles. The first-order valence-corrected chi connectivity index (χ1v) is 6.86. The van der Waals surface area contributed by atoms with E-state index in [1.807, 2.05) is 19.1 Å². The molecule has 0 aliphatic heterocycles. The summed E-state index contributed by atoms with van der Waals surface area (Å²) in [6.45, 7) is 3.96. The quantitative estimate of drug-likeness (QED) is 0.800. The zero-order chi connectivity index (χ0) is 15.5. The van der Waals surface area contributed by atoms with Crippen LogP contribution in [0.4, 0.5) is 0 Å². The lowest BCUT2D eigenvalue weighted by Gasteiger charge is -2.04. The smallest absolute Gasteiger partial charge is 0.251 e. The summed E-state index contributed by atoms with van der Waals surface area (Å²) in [4.78, 5) is 16.2. The number of rotatable bonds is 4. The number of hydrogen-bond acceptors (Lipinski definition) is 5. The van der Waals surface area contributed by atoms with E-state index in [4.69, 9.17) is 8.94 Å². The molecule has 6 nitrogen and oxygen atoms in total. The van der Waals surface area contributed by atoms with Crippen molar-refractivity contribution < 1.29 is 13.7 Å². The van der Waals surface area contributed by atoms with E-state index < -0.39 is 0 Å². The lowest BCUT2D eigenvalue weighted by Crippen LogP contribution is -2.22. The monoisotopic (exact) mass is 297 g/mol. The molecule has 0 unspecified atom stereocenters. The van der Waals surface area contributed by atoms with Crippen molar-refractivity contribution in [3.63, 3.8) is 0 Å². The normalized spacial score (nSPS) is 10.6. The maximum atomic E-state index is 12.1. The molecule has 112 valence electrons. The summed E-state index contributed by atoms with van der Waals surface area (Å²) in [5.41, 5.74) is 1.36. The number of carbonyl (C=O) groups excluding carboxylic acids is 1. The second-order valence-corrected chi connectivity index (χ2v) is 4.91. The summed E-state index contributed by atoms with van der Waals surface area (Å²) < 4.78 is 10.3. The van der Waals surface area contributed by atoms with Crippen molar-refractivity contribution in [3.05, 3.63) is 59.4 Å². The molecule has 1 amide bonds. The maximum absolute atomic E-state index is 12.1. The van der Waals surface area contributed by atoms with Crippen LogP contribution in [0.1, 0.15) is 27.8 Å². The fourth-order valence-electron chi connectivity index (χ4n) is 2.04. The van der Waals surface area contributed by atoms with Crippen molar-refractivity contribution in [2.24, 2.45) is 0 Å². The molecule has 0 aliphatic carbocycles. The molecule has 0 spiro atoms. The largest absolute Gasteiger partial charge is 0.465 e. The van der Waals surface area contributed by atoms with Crippen LogP contribution in [0.5, 0.6) is 0 Å². The number of carbonyl (C=O) groups is 1. The van der Waals surface area contributed by atoms with E-state index in [1.165, 1.54) is 0 Å². The fraction of sp³-hybridized carbons (Fsp3) is 0.188. The molecule has 0 saturated carbocycles. The van der Waals surface area contributed by atoms with Gasteiger partial charge in [0, 0.05) is 18.1 Å². The average Bonchev–Trinajstić information content (AvgIpc) is 3.13. The second kappa shape index (κ2) is 5.85. The van der Waals surface area contributed by atoms with Crippen molar-refractivity contribution in [1.82, 2.24) is 15.5 Å². The molecule has 0 aliphatic rings. The molecular formula is C16H15N3O3. The van der Waals surface area contributed by atoms with Crippen molar-refractivity contribution in [2.45, 2.75) is 20.4 Å². The van der Waals surface area contributed by atoms with Crippen LogP contribution in [0.15, 0.2) is 45.3 Å². The van der Waals surface area contributed by atoms with Gasteiger partial charge in [-0.25, -0.2) is 0 Å². The topological polar surface area (TPSA) is 81.2 Å². The van der Waals surface area contributed by atoms with Gasteiger partial charge in [0.2, 0.25) is 11.7 Å². The second-order valence-electron chi connectivity index (χ2n) is 4.91. The Morgan fingerprint density at radius 2 is 1.91 bits per heavy atom. The summed E-state index contributed by atoms with van der Waals surface area (Å²) >= 11 is 0. The Hall–Kier alpha value is -2.89. The molecule has 0 bridgehead atoms. The van der Waals surface area contributed by atoms with Crippen molar-refractivity contribution in [1.29, 1.82) is 0 Å². The van der Waals surface area contributed by atoms with E-state index in [9.17, 15) is 4.79 Å². The van der Waals surface area contributed by atoms with Gasteiger partial charge in [0.1, 0.15) is 11.5 Å². The van der Waals surface area contributed by atoms with E-state index >= 15 is 0 Å². The number of nitrogens with zero attached hydrogens (tertiary/aromatic N) is 2. The first-order valence-electron chi connectivity index (χ1n) is 6.86. The molecular weight excluding hydrogens is 282 g/mol. The molecule has 3 rings (SSSR count). The van der Waals surface area contributed by atoms with Gasteiger partial charge in [0.25, 0.3) is 5.91 Å². The minimum absolute atomic E-state index is 0.162. The Labute approximate surface area is 127 Å². The van der Waals surface area contributed by atoms with Gasteiger partial charge < -0.3 is 14.3 Å². The molecule has 3 aromatic rings. The zero-order valence-electron chi connectivity index (χ0n) is 12.3. The number of aryl methyl sites for hydroxylation is 2. The Bertz CT molecular complexity index is 787. The number of aromatic nitrogens is 2. The van der Waals surface area contributed by atoms with Gasteiger partial charge in [0.15, 0.2) is 0 Å². The van der Waals surface area contributed by atoms with Gasteiger partial charge in [-0.05, 0) is 31.2 Å². The predicted octanol–water partition coefficient (Wildman–Crippen LogP) is 2.88. The minimum Gasteiger partial charge on any atom is -0.465 e. The predicted molar refractivity (Wildman–Crippen MR) is 79.1 cm³/mol. The number of furan rings is 1. The summed E-state index contributed by atoms with van der Waals surface area (Å²) in [5.74, 6) is 2.40. The molecule has 2 aromatic heterocycles. The van der Waals surface area contributed by atoms with Crippen LogP contribution in [0.3, 0.4) is 0 Å². The molecule has 22 heavy (non-hydrogen) atoms. The zero-order valence-corrected chi connectivity index (χ0v) is 12.3. The lowest BCUT2D eigenvalue weighted by atomic mass is 10.1. The van der Waals surface area contributed by atoms with Crippen LogP contribution in [-0.2, 0) is 6.54 Å². The van der Waals surface area contributed by atoms with Crippen LogP contribution >= 0.6 is 0 Å². The number of amides is 1. The molecule has 0 saturated heterocycles. The van der Waals surface area contributed by atoms with Crippen molar-refractivity contribution in [2.75, 3.05) is 0 Å². The van der Waals surface area contributed by atoms with Gasteiger partial charge in [-0.1, -0.05) is 17.3 Å². The Balaban J connectivity index is 1.65. The molecule has 0 fully saturated rings. The third-order valence-corrected chi connectivity index (χ3v) is 3.15. The Kier molecular flexibility index (Phi) is 3.74. The highest BCUT2D eigenvalue weighted by Gasteiger charge is 2.09. The van der Waals surface area contributed by atoms with Crippen LogP contribution in [0.25, 0.3) is 11.4 Å².